The molecule has 2 fully saturated rings. The van der Waals surface area contributed by atoms with Gasteiger partial charge in [0.15, 0.2) is 0 Å². The second-order valence-electron chi connectivity index (χ2n) is 7.50. The summed E-state index contributed by atoms with van der Waals surface area (Å²) in [7, 11) is 2.09. The first-order valence-electron chi connectivity index (χ1n) is 9.12. The van der Waals surface area contributed by atoms with Gasteiger partial charge in [0.25, 0.3) is 5.91 Å². The zero-order chi connectivity index (χ0) is 18.9. The van der Waals surface area contributed by atoms with Gasteiger partial charge in [0.1, 0.15) is 0 Å². The predicted molar refractivity (Wildman–Crippen MR) is 94.2 cm³/mol. The number of hydrogen-bond donors (Lipinski definition) is 1. The highest BCUT2D eigenvalue weighted by Gasteiger charge is 2.41. The van der Waals surface area contributed by atoms with Crippen LogP contribution in [0.3, 0.4) is 0 Å². The number of rotatable bonds is 1. The van der Waals surface area contributed by atoms with Gasteiger partial charge in [-0.25, -0.2) is 0 Å². The van der Waals surface area contributed by atoms with Gasteiger partial charge in [0, 0.05) is 30.7 Å². The summed E-state index contributed by atoms with van der Waals surface area (Å²) in [5, 5.41) is 3.35. The van der Waals surface area contributed by atoms with Crippen LogP contribution in [0.25, 0.3) is 0 Å². The Balaban J connectivity index is 1.89. The Bertz CT molecular complexity index is 668. The highest BCUT2D eigenvalue weighted by Crippen LogP contribution is 2.32. The van der Waals surface area contributed by atoms with E-state index in [0.29, 0.717) is 18.7 Å². The van der Waals surface area contributed by atoms with E-state index in [1.54, 1.807) is 11.8 Å². The Labute approximate surface area is 152 Å². The van der Waals surface area contributed by atoms with Crippen LogP contribution in [0.5, 0.6) is 0 Å². The highest BCUT2D eigenvalue weighted by molar-refractivity contribution is 5.96. The second-order valence-corrected chi connectivity index (χ2v) is 7.50. The standard InChI is InChI=1S/C19H26F3N3O/c1-14-4-5-15(19(20,21)22)12-16(14)17(26)25-11-3-10-24(2)18(13-25)6-8-23-9-7-18/h4-5,12,23H,3,6-11,13H2,1-2H3. The van der Waals surface area contributed by atoms with Crippen LogP contribution >= 0.6 is 0 Å². The monoisotopic (exact) mass is 369 g/mol. The topological polar surface area (TPSA) is 35.6 Å². The minimum atomic E-state index is -4.45. The lowest BCUT2D eigenvalue weighted by atomic mass is 9.86. The lowest BCUT2D eigenvalue weighted by Crippen LogP contribution is -2.58. The number of hydrogen-bond acceptors (Lipinski definition) is 3. The third-order valence-electron chi connectivity index (χ3n) is 5.83. The van der Waals surface area contributed by atoms with Crippen LogP contribution in [-0.2, 0) is 6.18 Å². The lowest BCUT2D eigenvalue weighted by molar-refractivity contribution is -0.137. The minimum Gasteiger partial charge on any atom is -0.337 e. The molecule has 26 heavy (non-hydrogen) atoms. The van der Waals surface area contributed by atoms with Gasteiger partial charge in [0.2, 0.25) is 0 Å². The molecule has 1 amide bonds. The molecular formula is C19H26F3N3O. The van der Waals surface area contributed by atoms with Crippen molar-refractivity contribution in [3.63, 3.8) is 0 Å². The second kappa shape index (κ2) is 7.19. The average Bonchev–Trinajstić information content (AvgIpc) is 2.74. The van der Waals surface area contributed by atoms with Crippen LogP contribution < -0.4 is 5.32 Å². The Morgan fingerprint density at radius 2 is 1.88 bits per heavy atom. The SMILES string of the molecule is Cc1ccc(C(F)(F)F)cc1C(=O)N1CCCN(C)C2(CCNCC2)C1. The number of carbonyl (C=O) groups excluding carboxylic acids is 1. The van der Waals surface area contributed by atoms with Gasteiger partial charge in [-0.3, -0.25) is 9.69 Å². The van der Waals surface area contributed by atoms with E-state index in [4.69, 9.17) is 0 Å². The summed E-state index contributed by atoms with van der Waals surface area (Å²) >= 11 is 0. The molecule has 2 aliphatic rings. The summed E-state index contributed by atoms with van der Waals surface area (Å²) < 4.78 is 39.2. The molecule has 0 radical (unpaired) electrons. The maximum absolute atomic E-state index is 13.1. The molecule has 2 heterocycles. The number of nitrogens with zero attached hydrogens (tertiary/aromatic N) is 2. The Kier molecular flexibility index (Phi) is 5.30. The molecule has 0 aromatic heterocycles. The molecule has 3 rings (SSSR count). The van der Waals surface area contributed by atoms with Crippen molar-refractivity contribution in [2.24, 2.45) is 0 Å². The zero-order valence-corrected chi connectivity index (χ0v) is 15.3. The van der Waals surface area contributed by atoms with Gasteiger partial charge in [-0.15, -0.1) is 0 Å². The maximum Gasteiger partial charge on any atom is 0.416 e. The van der Waals surface area contributed by atoms with Crippen molar-refractivity contribution < 1.29 is 18.0 Å². The summed E-state index contributed by atoms with van der Waals surface area (Å²) in [5.41, 5.74) is -0.115. The number of nitrogens with one attached hydrogen (secondary N) is 1. The van der Waals surface area contributed by atoms with Crippen molar-refractivity contribution in [1.29, 1.82) is 0 Å². The van der Waals surface area contributed by atoms with Crippen LogP contribution in [-0.4, -0.2) is 61.0 Å². The fraction of sp³-hybridized carbons (Fsp3) is 0.632. The molecule has 144 valence electrons. The third-order valence-corrected chi connectivity index (χ3v) is 5.83. The number of amides is 1. The summed E-state index contributed by atoms with van der Waals surface area (Å²) in [4.78, 5) is 17.2. The van der Waals surface area contributed by atoms with Crippen LogP contribution in [0, 0.1) is 6.92 Å². The van der Waals surface area contributed by atoms with Crippen molar-refractivity contribution in [1.82, 2.24) is 15.1 Å². The molecule has 1 aromatic rings. The van der Waals surface area contributed by atoms with E-state index < -0.39 is 11.7 Å². The Morgan fingerprint density at radius 3 is 2.54 bits per heavy atom. The summed E-state index contributed by atoms with van der Waals surface area (Å²) in [5.74, 6) is -0.290. The number of piperidine rings is 1. The maximum atomic E-state index is 13.1. The molecule has 0 aliphatic carbocycles. The largest absolute Gasteiger partial charge is 0.416 e. The van der Waals surface area contributed by atoms with Gasteiger partial charge >= 0.3 is 6.18 Å². The van der Waals surface area contributed by atoms with E-state index in [1.807, 2.05) is 0 Å². The molecule has 7 heteroatoms. The minimum absolute atomic E-state index is 0.0903. The first kappa shape index (κ1) is 19.2. The van der Waals surface area contributed by atoms with E-state index in [9.17, 15) is 18.0 Å². The molecule has 1 spiro atoms. The van der Waals surface area contributed by atoms with Crippen molar-refractivity contribution >= 4 is 5.91 Å². The van der Waals surface area contributed by atoms with E-state index in [0.717, 1.165) is 51.0 Å². The highest BCUT2D eigenvalue weighted by atomic mass is 19.4. The number of alkyl halides is 3. The van der Waals surface area contributed by atoms with Gasteiger partial charge in [0.05, 0.1) is 5.56 Å². The molecule has 2 saturated heterocycles. The van der Waals surface area contributed by atoms with E-state index in [1.165, 1.54) is 6.07 Å². The van der Waals surface area contributed by atoms with E-state index in [-0.39, 0.29) is 17.0 Å². The normalized spacial score (nSPS) is 21.7. The van der Waals surface area contributed by atoms with Crippen molar-refractivity contribution in [3.8, 4) is 0 Å². The van der Waals surface area contributed by atoms with Gasteiger partial charge in [-0.1, -0.05) is 6.07 Å². The lowest BCUT2D eigenvalue weighted by Gasteiger charge is -2.45. The quantitative estimate of drug-likeness (QED) is 0.827. The molecule has 2 aliphatic heterocycles. The predicted octanol–water partition coefficient (Wildman–Crippen LogP) is 2.91. The van der Waals surface area contributed by atoms with Gasteiger partial charge < -0.3 is 10.2 Å². The van der Waals surface area contributed by atoms with Crippen LogP contribution in [0.4, 0.5) is 13.2 Å². The van der Waals surface area contributed by atoms with Gasteiger partial charge in [-0.2, -0.15) is 13.2 Å². The third kappa shape index (κ3) is 3.74. The van der Waals surface area contributed by atoms with E-state index >= 15 is 0 Å². The first-order chi connectivity index (χ1) is 12.2. The molecule has 0 bridgehead atoms. The average molecular weight is 369 g/mol. The molecular weight excluding hydrogens is 343 g/mol. The smallest absolute Gasteiger partial charge is 0.337 e. The summed E-state index contributed by atoms with van der Waals surface area (Å²) in [6, 6.07) is 3.43. The van der Waals surface area contributed by atoms with Crippen LogP contribution in [0.15, 0.2) is 18.2 Å². The van der Waals surface area contributed by atoms with Crippen LogP contribution in [0.1, 0.15) is 40.7 Å². The molecule has 0 unspecified atom stereocenters. The van der Waals surface area contributed by atoms with Crippen LogP contribution in [0.2, 0.25) is 0 Å². The number of halogens is 3. The summed E-state index contributed by atoms with van der Waals surface area (Å²) in [6.07, 6.45) is -1.74. The molecule has 0 saturated carbocycles. The number of carbonyl (C=O) groups is 1. The van der Waals surface area contributed by atoms with Gasteiger partial charge in [-0.05, 0) is 64.0 Å². The fourth-order valence-corrected chi connectivity index (χ4v) is 4.10. The molecule has 1 N–H and O–H groups in total. The zero-order valence-electron chi connectivity index (χ0n) is 15.3. The van der Waals surface area contributed by atoms with Crippen molar-refractivity contribution in [2.45, 2.75) is 37.9 Å². The van der Waals surface area contributed by atoms with Crippen molar-refractivity contribution in [3.05, 3.63) is 34.9 Å². The number of likely N-dealkylation sites (N-methyl/N-ethyl adjacent to an activating group) is 1. The molecule has 1 aromatic carbocycles. The number of benzene rings is 1. The Hall–Kier alpha value is -1.60. The number of aryl methyl sites for hydroxylation is 1. The molecule has 0 atom stereocenters. The Morgan fingerprint density at radius 1 is 1.19 bits per heavy atom. The summed E-state index contributed by atoms with van der Waals surface area (Å²) in [6.45, 7) is 5.53. The first-order valence-corrected chi connectivity index (χ1v) is 9.12. The molecule has 4 nitrogen and oxygen atoms in total. The van der Waals surface area contributed by atoms with Crippen molar-refractivity contribution in [2.75, 3.05) is 39.8 Å². The van der Waals surface area contributed by atoms with E-state index in [2.05, 4.69) is 17.3 Å². The fourth-order valence-electron chi connectivity index (χ4n) is 4.10.